The Morgan fingerprint density at radius 1 is 0.356 bits per heavy atom. The molecular weight excluding hydrogens is 733 g/mol. The molecule has 0 saturated carbocycles. The van der Waals surface area contributed by atoms with Crippen LogP contribution in [0, 0.1) is 0 Å². The zero-order chi connectivity index (χ0) is 43.0. The summed E-state index contributed by atoms with van der Waals surface area (Å²) in [4.78, 5) is 37.6. The minimum Gasteiger partial charge on any atom is -0.462 e. The molecule has 0 heterocycles. The molecular formula is C53H84O6. The van der Waals surface area contributed by atoms with Gasteiger partial charge in [0.15, 0.2) is 6.10 Å². The lowest BCUT2D eigenvalue weighted by atomic mass is 10.1. The fourth-order valence-electron chi connectivity index (χ4n) is 5.83. The summed E-state index contributed by atoms with van der Waals surface area (Å²) in [5.74, 6) is -1.03. The van der Waals surface area contributed by atoms with Crippen LogP contribution in [0.15, 0.2) is 109 Å². The average molecular weight is 817 g/mol. The van der Waals surface area contributed by atoms with Crippen molar-refractivity contribution in [2.75, 3.05) is 13.2 Å². The van der Waals surface area contributed by atoms with Crippen LogP contribution < -0.4 is 0 Å². The van der Waals surface area contributed by atoms with Crippen LogP contribution in [0.5, 0.6) is 0 Å². The standard InChI is InChI=1S/C53H84O6/c1-4-7-10-13-16-18-20-22-24-25-26-27-29-30-32-34-37-40-43-46-52(55)58-49-50(48-57-51(54)45-42-39-36-15-12-9-6-3)59-53(56)47-44-41-38-35-33-31-28-23-21-19-17-14-11-8-5-2/h7-8,10-11,16-19,22-24,26-28,30,32,37,40,50H,4-6,9,12-15,20-21,25,29,31,33-36,38-39,41-49H2,1-3H3/b10-7-,11-8-,18-16-,19-17-,24-22-,27-26-,28-23-,32-30-,40-37-. The fraction of sp³-hybridized carbons (Fsp3) is 0.604. The largest absolute Gasteiger partial charge is 0.462 e. The number of allylic oxidation sites excluding steroid dienone is 18. The number of unbranched alkanes of at least 4 members (excludes halogenated alkanes) is 11. The van der Waals surface area contributed by atoms with Crippen LogP contribution in [0.3, 0.4) is 0 Å². The van der Waals surface area contributed by atoms with Gasteiger partial charge in [-0.25, -0.2) is 0 Å². The van der Waals surface area contributed by atoms with E-state index < -0.39 is 6.10 Å². The second-order valence-electron chi connectivity index (χ2n) is 14.9. The molecule has 0 aromatic rings. The minimum atomic E-state index is -0.815. The van der Waals surface area contributed by atoms with Crippen molar-refractivity contribution in [1.82, 2.24) is 0 Å². The van der Waals surface area contributed by atoms with Crippen molar-refractivity contribution in [3.05, 3.63) is 109 Å². The predicted octanol–water partition coefficient (Wildman–Crippen LogP) is 15.2. The molecule has 59 heavy (non-hydrogen) atoms. The van der Waals surface area contributed by atoms with Crippen molar-refractivity contribution in [2.45, 2.75) is 194 Å². The molecule has 0 saturated heterocycles. The maximum Gasteiger partial charge on any atom is 0.306 e. The maximum absolute atomic E-state index is 12.7. The van der Waals surface area contributed by atoms with Gasteiger partial charge < -0.3 is 14.2 Å². The summed E-state index contributed by atoms with van der Waals surface area (Å²) in [6.07, 6.45) is 62.4. The minimum absolute atomic E-state index is 0.110. The Kier molecular flexibility index (Phi) is 43.6. The summed E-state index contributed by atoms with van der Waals surface area (Å²) >= 11 is 0. The second kappa shape index (κ2) is 46.8. The number of ether oxygens (including phenoxy) is 3. The number of hydrogen-bond acceptors (Lipinski definition) is 6. The summed E-state index contributed by atoms with van der Waals surface area (Å²) < 4.78 is 16.6. The van der Waals surface area contributed by atoms with Gasteiger partial charge in [0, 0.05) is 19.3 Å². The molecule has 0 aliphatic carbocycles. The Hall–Kier alpha value is -3.93. The molecule has 0 amide bonds. The molecule has 0 aliphatic heterocycles. The van der Waals surface area contributed by atoms with Gasteiger partial charge in [-0.05, 0) is 89.9 Å². The van der Waals surface area contributed by atoms with Crippen LogP contribution in [-0.4, -0.2) is 37.2 Å². The highest BCUT2D eigenvalue weighted by Crippen LogP contribution is 2.12. The molecule has 0 radical (unpaired) electrons. The third-order valence-electron chi connectivity index (χ3n) is 9.29. The summed E-state index contributed by atoms with van der Waals surface area (Å²) in [7, 11) is 0. The van der Waals surface area contributed by atoms with Crippen molar-refractivity contribution >= 4 is 17.9 Å². The number of rotatable bonds is 40. The van der Waals surface area contributed by atoms with Gasteiger partial charge >= 0.3 is 17.9 Å². The molecule has 0 bridgehead atoms. The van der Waals surface area contributed by atoms with Crippen LogP contribution >= 0.6 is 0 Å². The lowest BCUT2D eigenvalue weighted by molar-refractivity contribution is -0.166. The van der Waals surface area contributed by atoms with E-state index in [0.717, 1.165) is 116 Å². The average Bonchev–Trinajstić information content (AvgIpc) is 3.23. The van der Waals surface area contributed by atoms with Gasteiger partial charge in [-0.2, -0.15) is 0 Å². The summed E-state index contributed by atoms with van der Waals surface area (Å²) in [5, 5.41) is 0. The van der Waals surface area contributed by atoms with Gasteiger partial charge in [0.05, 0.1) is 0 Å². The maximum atomic E-state index is 12.7. The van der Waals surface area contributed by atoms with Crippen LogP contribution in [0.2, 0.25) is 0 Å². The van der Waals surface area contributed by atoms with Crippen LogP contribution in [-0.2, 0) is 28.6 Å². The summed E-state index contributed by atoms with van der Waals surface area (Å²) in [5.41, 5.74) is 0. The van der Waals surface area contributed by atoms with Crippen molar-refractivity contribution in [1.29, 1.82) is 0 Å². The number of carbonyl (C=O) groups is 3. The van der Waals surface area contributed by atoms with E-state index >= 15 is 0 Å². The molecule has 0 fully saturated rings. The van der Waals surface area contributed by atoms with E-state index in [1.54, 1.807) is 0 Å². The third kappa shape index (κ3) is 45.0. The predicted molar refractivity (Wildman–Crippen MR) is 251 cm³/mol. The first kappa shape index (κ1) is 55.1. The van der Waals surface area contributed by atoms with E-state index in [4.69, 9.17) is 14.2 Å². The van der Waals surface area contributed by atoms with Crippen molar-refractivity contribution in [2.24, 2.45) is 0 Å². The molecule has 0 aromatic carbocycles. The van der Waals surface area contributed by atoms with Crippen LogP contribution in [0.25, 0.3) is 0 Å². The second-order valence-corrected chi connectivity index (χ2v) is 14.9. The molecule has 0 aromatic heterocycles. The van der Waals surface area contributed by atoms with E-state index in [9.17, 15) is 14.4 Å². The lowest BCUT2D eigenvalue weighted by Gasteiger charge is -2.18. The number of carbonyl (C=O) groups excluding carboxylic acids is 3. The Bertz CT molecular complexity index is 1260. The molecule has 1 unspecified atom stereocenters. The molecule has 0 spiro atoms. The number of esters is 3. The zero-order valence-electron chi connectivity index (χ0n) is 37.7. The van der Waals surface area contributed by atoms with Crippen molar-refractivity contribution in [3.63, 3.8) is 0 Å². The van der Waals surface area contributed by atoms with E-state index in [1.807, 2.05) is 12.2 Å². The lowest BCUT2D eigenvalue weighted by Crippen LogP contribution is -2.30. The van der Waals surface area contributed by atoms with Gasteiger partial charge in [-0.15, -0.1) is 0 Å². The van der Waals surface area contributed by atoms with Gasteiger partial charge in [-0.1, -0.05) is 188 Å². The highest BCUT2D eigenvalue weighted by atomic mass is 16.6. The number of hydrogen-bond donors (Lipinski definition) is 0. The normalized spacial score (nSPS) is 13.1. The molecule has 0 aliphatic rings. The van der Waals surface area contributed by atoms with Crippen molar-refractivity contribution in [3.8, 4) is 0 Å². The van der Waals surface area contributed by atoms with Gasteiger partial charge in [0.2, 0.25) is 0 Å². The summed E-state index contributed by atoms with van der Waals surface area (Å²) in [6, 6.07) is 0. The first-order valence-corrected chi connectivity index (χ1v) is 23.4. The van der Waals surface area contributed by atoms with Gasteiger partial charge in [-0.3, -0.25) is 14.4 Å². The first-order valence-electron chi connectivity index (χ1n) is 23.4. The fourth-order valence-corrected chi connectivity index (χ4v) is 5.83. The van der Waals surface area contributed by atoms with E-state index in [0.29, 0.717) is 19.3 Å². The molecule has 0 N–H and O–H groups in total. The Morgan fingerprint density at radius 2 is 0.695 bits per heavy atom. The third-order valence-corrected chi connectivity index (χ3v) is 9.29. The topological polar surface area (TPSA) is 78.9 Å². The first-order chi connectivity index (χ1) is 29.0. The van der Waals surface area contributed by atoms with E-state index in [-0.39, 0.29) is 37.5 Å². The molecule has 1 atom stereocenters. The zero-order valence-corrected chi connectivity index (χ0v) is 37.7. The SMILES string of the molecule is CC/C=C\C/C=C\C/C=C\C/C=C\C/C=C\C/C=C\CCC(=O)OCC(COC(=O)CCCCCCCCC)OC(=O)CCCCCCC/C=C\C/C=C\C/C=C\CC. The van der Waals surface area contributed by atoms with E-state index in [1.165, 1.54) is 25.7 Å². The highest BCUT2D eigenvalue weighted by Gasteiger charge is 2.19. The molecule has 6 nitrogen and oxygen atoms in total. The molecule has 332 valence electrons. The smallest absolute Gasteiger partial charge is 0.306 e. The highest BCUT2D eigenvalue weighted by molar-refractivity contribution is 5.71. The molecule has 0 rings (SSSR count). The van der Waals surface area contributed by atoms with Crippen LogP contribution in [0.1, 0.15) is 188 Å². The monoisotopic (exact) mass is 817 g/mol. The van der Waals surface area contributed by atoms with Crippen LogP contribution in [0.4, 0.5) is 0 Å². The quantitative estimate of drug-likeness (QED) is 0.0265. The Balaban J connectivity index is 4.47. The summed E-state index contributed by atoms with van der Waals surface area (Å²) in [6.45, 7) is 6.26. The van der Waals surface area contributed by atoms with Gasteiger partial charge in [0.25, 0.3) is 0 Å². The van der Waals surface area contributed by atoms with E-state index in [2.05, 4.69) is 118 Å². The Morgan fingerprint density at radius 3 is 1.14 bits per heavy atom. The molecule has 6 heteroatoms. The van der Waals surface area contributed by atoms with Crippen molar-refractivity contribution < 1.29 is 28.6 Å². The van der Waals surface area contributed by atoms with Gasteiger partial charge in [0.1, 0.15) is 13.2 Å². The Labute approximate surface area is 361 Å².